The van der Waals surface area contributed by atoms with Crippen LogP contribution in [0.15, 0.2) is 48.7 Å². The van der Waals surface area contributed by atoms with Crippen molar-refractivity contribution < 1.29 is 24.2 Å². The Kier molecular flexibility index (Phi) is 10.2. The van der Waals surface area contributed by atoms with E-state index in [0.717, 1.165) is 16.5 Å². The lowest BCUT2D eigenvalue weighted by atomic mass is 9.99. The molecule has 1 heterocycles. The van der Waals surface area contributed by atoms with Gasteiger partial charge in [-0.2, -0.15) is 5.10 Å². The van der Waals surface area contributed by atoms with Crippen LogP contribution < -0.4 is 10.6 Å². The Morgan fingerprint density at radius 2 is 1.87 bits per heavy atom. The predicted molar refractivity (Wildman–Crippen MR) is 144 cm³/mol. The lowest BCUT2D eigenvalue weighted by Crippen LogP contribution is -2.45. The SMILES string of the molecule is COCCNC(=O)Cn1cc2cccc(CN(C[C@@H](C)NC(C)=O)C(=O)[C@@H](C)Cc3ccc(O)cc3)c2n1. The number of aromatic nitrogens is 2. The van der Waals surface area contributed by atoms with Gasteiger partial charge in [0.1, 0.15) is 12.3 Å². The smallest absolute Gasteiger partial charge is 0.241 e. The monoisotopic (exact) mass is 523 g/mol. The highest BCUT2D eigenvalue weighted by Gasteiger charge is 2.24. The summed E-state index contributed by atoms with van der Waals surface area (Å²) in [6.07, 6.45) is 2.33. The summed E-state index contributed by atoms with van der Waals surface area (Å²) in [5, 5.41) is 20.7. The van der Waals surface area contributed by atoms with E-state index in [1.165, 1.54) is 6.92 Å². The van der Waals surface area contributed by atoms with Crippen LogP contribution in [0.4, 0.5) is 0 Å². The summed E-state index contributed by atoms with van der Waals surface area (Å²) >= 11 is 0. The molecule has 0 aliphatic heterocycles. The molecule has 0 unspecified atom stereocenters. The first kappa shape index (κ1) is 28.6. The molecule has 2 atom stereocenters. The number of hydrogen-bond donors (Lipinski definition) is 3. The molecule has 0 saturated heterocycles. The van der Waals surface area contributed by atoms with Gasteiger partial charge in [0.05, 0.1) is 12.1 Å². The van der Waals surface area contributed by atoms with Crippen LogP contribution in [-0.4, -0.2) is 70.4 Å². The van der Waals surface area contributed by atoms with Gasteiger partial charge in [0, 0.05) is 57.2 Å². The third-order valence-electron chi connectivity index (χ3n) is 6.12. The van der Waals surface area contributed by atoms with Gasteiger partial charge in [-0.1, -0.05) is 37.3 Å². The molecular formula is C28H37N5O5. The number of rotatable bonds is 13. The van der Waals surface area contributed by atoms with E-state index in [2.05, 4.69) is 15.7 Å². The van der Waals surface area contributed by atoms with Gasteiger partial charge < -0.3 is 25.4 Å². The molecule has 0 spiro atoms. The van der Waals surface area contributed by atoms with Gasteiger partial charge in [-0.15, -0.1) is 0 Å². The first-order valence-electron chi connectivity index (χ1n) is 12.7. The zero-order valence-electron chi connectivity index (χ0n) is 22.4. The van der Waals surface area contributed by atoms with Gasteiger partial charge in [-0.25, -0.2) is 0 Å². The van der Waals surface area contributed by atoms with E-state index in [1.54, 1.807) is 28.8 Å². The molecule has 0 bridgehead atoms. The number of phenols is 1. The molecule has 1 aromatic heterocycles. The predicted octanol–water partition coefficient (Wildman–Crippen LogP) is 2.24. The minimum Gasteiger partial charge on any atom is -0.508 e. The first-order valence-corrected chi connectivity index (χ1v) is 12.7. The summed E-state index contributed by atoms with van der Waals surface area (Å²) in [5.41, 5.74) is 2.51. The number of ether oxygens (including phenoxy) is 1. The van der Waals surface area contributed by atoms with Crippen LogP contribution in [0, 0.1) is 5.92 Å². The number of amides is 3. The van der Waals surface area contributed by atoms with Crippen molar-refractivity contribution in [2.75, 3.05) is 26.8 Å². The molecule has 0 aliphatic carbocycles. The minimum atomic E-state index is -0.323. The number of nitrogens with one attached hydrogen (secondary N) is 2. The van der Waals surface area contributed by atoms with E-state index >= 15 is 0 Å². The van der Waals surface area contributed by atoms with E-state index in [9.17, 15) is 19.5 Å². The van der Waals surface area contributed by atoms with Crippen molar-refractivity contribution in [2.45, 2.75) is 46.3 Å². The van der Waals surface area contributed by atoms with Crippen LogP contribution in [-0.2, 0) is 38.6 Å². The third kappa shape index (κ3) is 8.31. The Hall–Kier alpha value is -3.92. The van der Waals surface area contributed by atoms with Crippen molar-refractivity contribution in [1.29, 1.82) is 0 Å². The summed E-state index contributed by atoms with van der Waals surface area (Å²) in [7, 11) is 1.58. The second-order valence-corrected chi connectivity index (χ2v) is 9.62. The van der Waals surface area contributed by atoms with Crippen molar-refractivity contribution in [2.24, 2.45) is 5.92 Å². The molecule has 0 radical (unpaired) electrons. The Bertz CT molecular complexity index is 1240. The molecule has 0 saturated carbocycles. The molecule has 3 N–H and O–H groups in total. The second kappa shape index (κ2) is 13.6. The largest absolute Gasteiger partial charge is 0.508 e. The highest BCUT2D eigenvalue weighted by molar-refractivity contribution is 5.84. The van der Waals surface area contributed by atoms with E-state index in [0.29, 0.717) is 38.2 Å². The Labute approximate surface area is 223 Å². The van der Waals surface area contributed by atoms with Crippen molar-refractivity contribution in [3.8, 4) is 5.75 Å². The number of carbonyl (C=O) groups is 3. The van der Waals surface area contributed by atoms with Crippen LogP contribution in [0.5, 0.6) is 5.75 Å². The number of fused-ring (bicyclic) bond motifs is 1. The van der Waals surface area contributed by atoms with E-state index in [1.807, 2.05) is 50.4 Å². The standard InChI is InChI=1S/C28H37N5O5/c1-19(14-22-8-10-25(35)11-9-22)28(37)32(15-20(2)30-21(3)34)16-23-6-5-7-24-17-33(31-27(23)24)18-26(36)29-12-13-38-4/h5-11,17,19-20,35H,12-16,18H2,1-4H3,(H,29,36)(H,30,34)/t19-,20+/m0/s1. The lowest BCUT2D eigenvalue weighted by molar-refractivity contribution is -0.136. The van der Waals surface area contributed by atoms with Crippen molar-refractivity contribution in [3.05, 3.63) is 59.8 Å². The number of aromatic hydroxyl groups is 1. The topological polar surface area (TPSA) is 126 Å². The van der Waals surface area contributed by atoms with Gasteiger partial charge in [0.25, 0.3) is 0 Å². The average molecular weight is 524 g/mol. The Balaban J connectivity index is 1.80. The van der Waals surface area contributed by atoms with E-state index in [-0.39, 0.29) is 42.0 Å². The zero-order chi connectivity index (χ0) is 27.7. The first-order chi connectivity index (χ1) is 18.2. The molecule has 204 valence electrons. The van der Waals surface area contributed by atoms with Crippen LogP contribution in [0.25, 0.3) is 10.9 Å². The fourth-order valence-corrected chi connectivity index (χ4v) is 4.41. The number of hydrogen-bond acceptors (Lipinski definition) is 6. The molecule has 0 aliphatic rings. The lowest BCUT2D eigenvalue weighted by Gasteiger charge is -2.29. The maximum atomic E-state index is 13.6. The van der Waals surface area contributed by atoms with Gasteiger partial charge in [0.15, 0.2) is 0 Å². The van der Waals surface area contributed by atoms with Gasteiger partial charge in [-0.05, 0) is 36.6 Å². The van der Waals surface area contributed by atoms with Crippen molar-refractivity contribution >= 4 is 28.6 Å². The fourth-order valence-electron chi connectivity index (χ4n) is 4.41. The van der Waals surface area contributed by atoms with Gasteiger partial charge in [-0.3, -0.25) is 19.1 Å². The maximum Gasteiger partial charge on any atom is 0.241 e. The van der Waals surface area contributed by atoms with Crippen LogP contribution >= 0.6 is 0 Å². The molecule has 10 nitrogen and oxygen atoms in total. The second-order valence-electron chi connectivity index (χ2n) is 9.62. The number of nitrogens with zero attached hydrogens (tertiary/aromatic N) is 3. The highest BCUT2D eigenvalue weighted by Crippen LogP contribution is 2.21. The normalized spacial score (nSPS) is 12.6. The van der Waals surface area contributed by atoms with Crippen LogP contribution in [0.1, 0.15) is 31.9 Å². The molecule has 0 fully saturated rings. The Morgan fingerprint density at radius 3 is 2.55 bits per heavy atom. The maximum absolute atomic E-state index is 13.6. The molecular weight excluding hydrogens is 486 g/mol. The number of carbonyl (C=O) groups excluding carboxylic acids is 3. The molecule has 38 heavy (non-hydrogen) atoms. The fraction of sp³-hybridized carbons (Fsp3) is 0.429. The third-order valence-corrected chi connectivity index (χ3v) is 6.12. The molecule has 2 aromatic carbocycles. The molecule has 3 aromatic rings. The molecule has 3 amide bonds. The summed E-state index contributed by atoms with van der Waals surface area (Å²) in [4.78, 5) is 39.2. The van der Waals surface area contributed by atoms with Crippen LogP contribution in [0.3, 0.4) is 0 Å². The highest BCUT2D eigenvalue weighted by atomic mass is 16.5. The Morgan fingerprint density at radius 1 is 1.13 bits per heavy atom. The zero-order valence-corrected chi connectivity index (χ0v) is 22.4. The number of methoxy groups -OCH3 is 1. The van der Waals surface area contributed by atoms with Crippen molar-refractivity contribution in [1.82, 2.24) is 25.3 Å². The van der Waals surface area contributed by atoms with Crippen molar-refractivity contribution in [3.63, 3.8) is 0 Å². The summed E-state index contributed by atoms with van der Waals surface area (Å²) < 4.78 is 6.56. The number of benzene rings is 2. The quantitative estimate of drug-likeness (QED) is 0.295. The average Bonchev–Trinajstić information content (AvgIpc) is 3.27. The van der Waals surface area contributed by atoms with E-state index in [4.69, 9.17) is 4.74 Å². The van der Waals surface area contributed by atoms with Gasteiger partial charge in [0.2, 0.25) is 17.7 Å². The summed E-state index contributed by atoms with van der Waals surface area (Å²) in [6, 6.07) is 12.3. The molecule has 10 heteroatoms. The van der Waals surface area contributed by atoms with Gasteiger partial charge >= 0.3 is 0 Å². The summed E-state index contributed by atoms with van der Waals surface area (Å²) in [6.45, 7) is 6.76. The minimum absolute atomic E-state index is 0.0516. The molecule has 3 rings (SSSR count). The number of phenolic OH excluding ortho intramolecular Hbond substituents is 1. The van der Waals surface area contributed by atoms with Crippen LogP contribution in [0.2, 0.25) is 0 Å². The summed E-state index contributed by atoms with van der Waals surface area (Å²) in [5.74, 6) is -0.522. The van der Waals surface area contributed by atoms with E-state index < -0.39 is 0 Å².